The van der Waals surface area contributed by atoms with Gasteiger partial charge in [-0.15, -0.1) is 0 Å². The molecule has 74 valence electrons. The highest BCUT2D eigenvalue weighted by Crippen LogP contribution is 2.38. The Morgan fingerprint density at radius 1 is 1.62 bits per heavy atom. The summed E-state index contributed by atoms with van der Waals surface area (Å²) in [6.07, 6.45) is 10.1. The molecular formula is C12H20O. The van der Waals surface area contributed by atoms with E-state index in [0.29, 0.717) is 11.8 Å². The van der Waals surface area contributed by atoms with Crippen LogP contribution in [0.4, 0.5) is 0 Å². The molecule has 13 heavy (non-hydrogen) atoms. The Labute approximate surface area is 81.2 Å². The number of hydrogen-bond acceptors (Lipinski definition) is 1. The average Bonchev–Trinajstić information content (AvgIpc) is 2.17. The summed E-state index contributed by atoms with van der Waals surface area (Å²) < 4.78 is 0. The van der Waals surface area contributed by atoms with Gasteiger partial charge < -0.3 is 4.79 Å². The Bertz CT molecular complexity index is 205. The summed E-state index contributed by atoms with van der Waals surface area (Å²) in [5.74, 6) is 0. The zero-order valence-corrected chi connectivity index (χ0v) is 8.81. The molecule has 1 unspecified atom stereocenters. The molecule has 0 aromatic rings. The molecule has 0 heterocycles. The molecule has 0 amide bonds. The van der Waals surface area contributed by atoms with Crippen molar-refractivity contribution in [3.8, 4) is 0 Å². The summed E-state index contributed by atoms with van der Waals surface area (Å²) in [5.41, 5.74) is 2.03. The highest BCUT2D eigenvalue weighted by molar-refractivity contribution is 5.49. The van der Waals surface area contributed by atoms with Gasteiger partial charge in [-0.3, -0.25) is 0 Å². The fourth-order valence-corrected chi connectivity index (χ4v) is 1.85. The normalized spacial score (nSPS) is 28.3. The fourth-order valence-electron chi connectivity index (χ4n) is 1.85. The van der Waals surface area contributed by atoms with Crippen molar-refractivity contribution in [1.82, 2.24) is 0 Å². The van der Waals surface area contributed by atoms with Crippen molar-refractivity contribution >= 4 is 6.29 Å². The lowest BCUT2D eigenvalue weighted by Gasteiger charge is -2.31. The van der Waals surface area contributed by atoms with E-state index >= 15 is 0 Å². The van der Waals surface area contributed by atoms with Crippen LogP contribution in [0.2, 0.25) is 0 Å². The van der Waals surface area contributed by atoms with Crippen LogP contribution < -0.4 is 0 Å². The third kappa shape index (κ3) is 2.98. The van der Waals surface area contributed by atoms with Crippen molar-refractivity contribution in [2.24, 2.45) is 5.41 Å². The standard InChI is InChI=1S/C12H20O/c1-3-12(2)8-6-11(7-9-12)5-4-10-13/h6,10H,3-5,7-9H2,1-2H3. The van der Waals surface area contributed by atoms with Crippen molar-refractivity contribution in [1.29, 1.82) is 0 Å². The number of carbonyl (C=O) groups excluding carboxylic acids is 1. The topological polar surface area (TPSA) is 17.1 Å². The first kappa shape index (κ1) is 10.5. The van der Waals surface area contributed by atoms with E-state index in [1.807, 2.05) is 0 Å². The van der Waals surface area contributed by atoms with E-state index in [4.69, 9.17) is 0 Å². The van der Waals surface area contributed by atoms with Gasteiger partial charge >= 0.3 is 0 Å². The summed E-state index contributed by atoms with van der Waals surface area (Å²) in [6.45, 7) is 4.63. The first-order chi connectivity index (χ1) is 6.20. The minimum Gasteiger partial charge on any atom is -0.303 e. The quantitative estimate of drug-likeness (QED) is 0.478. The maximum Gasteiger partial charge on any atom is 0.120 e. The maximum absolute atomic E-state index is 10.2. The molecule has 1 atom stereocenters. The zero-order chi connectivity index (χ0) is 9.73. The molecule has 0 bridgehead atoms. The highest BCUT2D eigenvalue weighted by Gasteiger charge is 2.24. The molecule has 1 aliphatic rings. The monoisotopic (exact) mass is 180 g/mol. The van der Waals surface area contributed by atoms with Gasteiger partial charge in [0.2, 0.25) is 0 Å². The lowest BCUT2D eigenvalue weighted by atomic mass is 9.74. The Kier molecular flexibility index (Phi) is 3.71. The molecule has 0 fully saturated rings. The summed E-state index contributed by atoms with van der Waals surface area (Å²) in [6, 6.07) is 0. The first-order valence-corrected chi connectivity index (χ1v) is 5.32. The van der Waals surface area contributed by atoms with Crippen LogP contribution in [-0.4, -0.2) is 6.29 Å². The van der Waals surface area contributed by atoms with Gasteiger partial charge in [-0.2, -0.15) is 0 Å². The number of rotatable bonds is 4. The summed E-state index contributed by atoms with van der Waals surface area (Å²) in [5, 5.41) is 0. The van der Waals surface area contributed by atoms with Crippen molar-refractivity contribution < 1.29 is 4.79 Å². The third-order valence-corrected chi connectivity index (χ3v) is 3.37. The van der Waals surface area contributed by atoms with Crippen LogP contribution in [-0.2, 0) is 4.79 Å². The molecule has 0 aromatic carbocycles. The molecule has 0 saturated carbocycles. The predicted molar refractivity (Wildman–Crippen MR) is 55.6 cm³/mol. The summed E-state index contributed by atoms with van der Waals surface area (Å²) >= 11 is 0. The van der Waals surface area contributed by atoms with Crippen LogP contribution in [0.5, 0.6) is 0 Å². The Balaban J connectivity index is 2.42. The van der Waals surface area contributed by atoms with E-state index in [-0.39, 0.29) is 0 Å². The smallest absolute Gasteiger partial charge is 0.120 e. The Morgan fingerprint density at radius 2 is 2.38 bits per heavy atom. The highest BCUT2D eigenvalue weighted by atomic mass is 16.1. The first-order valence-electron chi connectivity index (χ1n) is 5.32. The molecule has 0 N–H and O–H groups in total. The van der Waals surface area contributed by atoms with Gasteiger partial charge in [-0.1, -0.05) is 31.9 Å². The molecule has 0 saturated heterocycles. The minimum absolute atomic E-state index is 0.532. The summed E-state index contributed by atoms with van der Waals surface area (Å²) in [7, 11) is 0. The van der Waals surface area contributed by atoms with Crippen molar-refractivity contribution in [3.05, 3.63) is 11.6 Å². The van der Waals surface area contributed by atoms with Gasteiger partial charge in [-0.05, 0) is 31.1 Å². The second-order valence-corrected chi connectivity index (χ2v) is 4.44. The second kappa shape index (κ2) is 4.59. The van der Waals surface area contributed by atoms with Crippen molar-refractivity contribution in [3.63, 3.8) is 0 Å². The third-order valence-electron chi connectivity index (χ3n) is 3.37. The lowest BCUT2D eigenvalue weighted by molar-refractivity contribution is -0.107. The van der Waals surface area contributed by atoms with Gasteiger partial charge in [-0.25, -0.2) is 0 Å². The predicted octanol–water partition coefficient (Wildman–Crippen LogP) is 3.49. The van der Waals surface area contributed by atoms with E-state index in [9.17, 15) is 4.79 Å². The number of allylic oxidation sites excluding steroid dienone is 2. The van der Waals surface area contributed by atoms with Crippen molar-refractivity contribution in [2.45, 2.75) is 52.4 Å². The number of carbonyl (C=O) groups is 1. The van der Waals surface area contributed by atoms with Gasteiger partial charge in [0.1, 0.15) is 6.29 Å². The zero-order valence-electron chi connectivity index (χ0n) is 8.81. The molecule has 1 nitrogen and oxygen atoms in total. The van der Waals surface area contributed by atoms with E-state index in [0.717, 1.165) is 12.7 Å². The van der Waals surface area contributed by atoms with Crippen molar-refractivity contribution in [2.75, 3.05) is 0 Å². The van der Waals surface area contributed by atoms with Crippen LogP contribution >= 0.6 is 0 Å². The summed E-state index contributed by atoms with van der Waals surface area (Å²) in [4.78, 5) is 10.2. The average molecular weight is 180 g/mol. The molecule has 1 aliphatic carbocycles. The molecule has 0 aromatic heterocycles. The van der Waals surface area contributed by atoms with E-state index in [1.165, 1.54) is 31.3 Å². The Hall–Kier alpha value is -0.590. The van der Waals surface area contributed by atoms with Crippen LogP contribution in [0.3, 0.4) is 0 Å². The lowest BCUT2D eigenvalue weighted by Crippen LogP contribution is -2.17. The molecule has 0 radical (unpaired) electrons. The molecule has 1 heteroatoms. The van der Waals surface area contributed by atoms with Gasteiger partial charge in [0.05, 0.1) is 0 Å². The maximum atomic E-state index is 10.2. The van der Waals surface area contributed by atoms with Gasteiger partial charge in [0, 0.05) is 6.42 Å². The van der Waals surface area contributed by atoms with E-state index < -0.39 is 0 Å². The largest absolute Gasteiger partial charge is 0.303 e. The SMILES string of the molecule is CCC1(C)CC=C(CCC=O)CC1. The van der Waals surface area contributed by atoms with Crippen LogP contribution in [0.15, 0.2) is 11.6 Å². The van der Waals surface area contributed by atoms with Crippen LogP contribution in [0.1, 0.15) is 52.4 Å². The Morgan fingerprint density at radius 3 is 2.85 bits per heavy atom. The van der Waals surface area contributed by atoms with Crippen LogP contribution in [0, 0.1) is 5.41 Å². The molecule has 0 aliphatic heterocycles. The van der Waals surface area contributed by atoms with Crippen LogP contribution in [0.25, 0.3) is 0 Å². The molecule has 0 spiro atoms. The number of aldehydes is 1. The minimum atomic E-state index is 0.532. The number of hydrogen-bond donors (Lipinski definition) is 0. The molecule has 1 rings (SSSR count). The van der Waals surface area contributed by atoms with Gasteiger partial charge in [0.15, 0.2) is 0 Å². The van der Waals surface area contributed by atoms with E-state index in [2.05, 4.69) is 19.9 Å². The molecular weight excluding hydrogens is 160 g/mol. The fraction of sp³-hybridized carbons (Fsp3) is 0.750. The van der Waals surface area contributed by atoms with Gasteiger partial charge in [0.25, 0.3) is 0 Å². The van der Waals surface area contributed by atoms with E-state index in [1.54, 1.807) is 0 Å². The second-order valence-electron chi connectivity index (χ2n) is 4.44.